The third-order valence-electron chi connectivity index (χ3n) is 4.57. The van der Waals surface area contributed by atoms with Crippen LogP contribution in [0, 0.1) is 23.3 Å². The van der Waals surface area contributed by atoms with Crippen molar-refractivity contribution >= 4 is 11.9 Å². The molecule has 162 valence electrons. The van der Waals surface area contributed by atoms with Crippen molar-refractivity contribution in [1.82, 2.24) is 4.57 Å². The van der Waals surface area contributed by atoms with Crippen LogP contribution in [0.4, 0.5) is 17.6 Å². The van der Waals surface area contributed by atoms with Crippen LogP contribution in [-0.4, -0.2) is 10.4 Å². The molecule has 0 saturated carbocycles. The fourth-order valence-electron chi connectivity index (χ4n) is 2.94. The lowest BCUT2D eigenvalue weighted by molar-refractivity contribution is 0.104. The van der Waals surface area contributed by atoms with Gasteiger partial charge in [0, 0.05) is 29.7 Å². The van der Waals surface area contributed by atoms with E-state index in [-0.39, 0.29) is 23.4 Å². The van der Waals surface area contributed by atoms with E-state index in [0.29, 0.717) is 5.56 Å². The van der Waals surface area contributed by atoms with Gasteiger partial charge in [0.25, 0.3) is 0 Å². The van der Waals surface area contributed by atoms with Gasteiger partial charge in [-0.3, -0.25) is 4.79 Å². The zero-order valence-electron chi connectivity index (χ0n) is 16.4. The van der Waals surface area contributed by atoms with Crippen molar-refractivity contribution in [2.24, 2.45) is 0 Å². The molecule has 0 N–H and O–H groups in total. The number of ether oxygens (including phenoxy) is 1. The molecule has 8 heteroatoms. The highest BCUT2D eigenvalue weighted by Gasteiger charge is 2.21. The summed E-state index contributed by atoms with van der Waals surface area (Å²) in [5.41, 5.74) is 1.39. The Labute approximate surface area is 180 Å². The Morgan fingerprint density at radius 1 is 0.938 bits per heavy atom. The molecule has 2 aromatic heterocycles. The lowest BCUT2D eigenvalue weighted by atomic mass is 10.1. The number of hydrogen-bond donors (Lipinski definition) is 0. The number of carbonyl (C=O) groups is 1. The van der Waals surface area contributed by atoms with Gasteiger partial charge in [-0.05, 0) is 60.7 Å². The molecule has 0 bridgehead atoms. The maximum absolute atomic E-state index is 13.6. The summed E-state index contributed by atoms with van der Waals surface area (Å²) >= 11 is 0. The van der Waals surface area contributed by atoms with Crippen molar-refractivity contribution in [2.45, 2.75) is 6.61 Å². The number of furan rings is 1. The fraction of sp³-hybridized carbons (Fsp3) is 0.0417. The first-order valence-corrected chi connectivity index (χ1v) is 9.42. The van der Waals surface area contributed by atoms with Gasteiger partial charge in [-0.1, -0.05) is 0 Å². The zero-order chi connectivity index (χ0) is 22.7. The Bertz CT molecular complexity index is 1250. The number of aromatic nitrogens is 1. The van der Waals surface area contributed by atoms with Crippen molar-refractivity contribution in [3.05, 3.63) is 113 Å². The van der Waals surface area contributed by atoms with Gasteiger partial charge in [0.15, 0.2) is 23.2 Å². The van der Waals surface area contributed by atoms with Crippen molar-refractivity contribution in [3.63, 3.8) is 0 Å². The lowest BCUT2D eigenvalue weighted by Gasteiger charge is -2.08. The van der Waals surface area contributed by atoms with Crippen LogP contribution in [-0.2, 0) is 6.61 Å². The van der Waals surface area contributed by atoms with E-state index in [1.54, 1.807) is 12.1 Å². The van der Waals surface area contributed by atoms with Crippen LogP contribution in [0.15, 0.2) is 77.5 Å². The van der Waals surface area contributed by atoms with Crippen molar-refractivity contribution < 1.29 is 31.5 Å². The molecule has 0 amide bonds. The average Bonchev–Trinajstić information content (AvgIpc) is 3.49. The molecule has 4 nitrogen and oxygen atoms in total. The number of hydrogen-bond acceptors (Lipinski definition) is 3. The highest BCUT2D eigenvalue weighted by molar-refractivity contribution is 6.06. The Hall–Kier alpha value is -4.07. The van der Waals surface area contributed by atoms with E-state index in [9.17, 15) is 22.4 Å². The van der Waals surface area contributed by atoms with E-state index in [1.807, 2.05) is 41.2 Å². The number of carbonyl (C=O) groups excluding carboxylic acids is 1. The first kappa shape index (κ1) is 21.2. The largest absolute Gasteiger partial charge is 0.479 e. The molecule has 0 aliphatic rings. The maximum Gasteiger partial charge on any atom is 0.203 e. The number of nitrogens with zero attached hydrogens (tertiary/aromatic N) is 1. The van der Waals surface area contributed by atoms with Crippen LogP contribution >= 0.6 is 0 Å². The van der Waals surface area contributed by atoms with Crippen LogP contribution in [0.3, 0.4) is 0 Å². The standard InChI is InChI=1S/C24H15F4NO3/c25-19-13-20(26)23(28)24(22(19)27)31-14-18-8-7-17(32-18)9-10-21(30)15-3-5-16(6-4-15)29-11-1-2-12-29/h1-13H,14H2/b10-9+. The number of halogens is 4. The average molecular weight is 441 g/mol. The minimum Gasteiger partial charge on any atom is -0.479 e. The Morgan fingerprint density at radius 3 is 2.25 bits per heavy atom. The van der Waals surface area contributed by atoms with Crippen LogP contribution < -0.4 is 4.74 Å². The summed E-state index contributed by atoms with van der Waals surface area (Å²) in [5.74, 6) is -7.41. The van der Waals surface area contributed by atoms with Gasteiger partial charge in [-0.15, -0.1) is 0 Å². The van der Waals surface area contributed by atoms with E-state index in [1.165, 1.54) is 24.3 Å². The van der Waals surface area contributed by atoms with E-state index in [4.69, 9.17) is 9.15 Å². The van der Waals surface area contributed by atoms with E-state index < -0.39 is 35.6 Å². The molecule has 0 atom stereocenters. The monoisotopic (exact) mass is 441 g/mol. The summed E-state index contributed by atoms with van der Waals surface area (Å²) < 4.78 is 65.9. The molecule has 0 spiro atoms. The molecular formula is C24H15F4NO3. The minimum atomic E-state index is -1.64. The van der Waals surface area contributed by atoms with E-state index >= 15 is 0 Å². The number of rotatable bonds is 7. The second-order valence-corrected chi connectivity index (χ2v) is 6.72. The second-order valence-electron chi connectivity index (χ2n) is 6.72. The SMILES string of the molecule is O=C(/C=C/c1ccc(COc2c(F)c(F)cc(F)c2F)o1)c1ccc(-n2cccc2)cc1. The summed E-state index contributed by atoms with van der Waals surface area (Å²) in [6.07, 6.45) is 6.52. The third-order valence-corrected chi connectivity index (χ3v) is 4.57. The smallest absolute Gasteiger partial charge is 0.203 e. The van der Waals surface area contributed by atoms with Crippen LogP contribution in [0.1, 0.15) is 21.9 Å². The topological polar surface area (TPSA) is 44.4 Å². The molecule has 2 aromatic carbocycles. The predicted octanol–water partition coefficient (Wildman–Crippen LogP) is 6.10. The highest BCUT2D eigenvalue weighted by atomic mass is 19.2. The van der Waals surface area contributed by atoms with E-state index in [2.05, 4.69) is 0 Å². The lowest BCUT2D eigenvalue weighted by Crippen LogP contribution is -2.03. The molecule has 0 aliphatic heterocycles. The maximum atomic E-state index is 13.6. The summed E-state index contributed by atoms with van der Waals surface area (Å²) in [5, 5.41) is 0. The summed E-state index contributed by atoms with van der Waals surface area (Å²) in [6, 6.07) is 13.9. The van der Waals surface area contributed by atoms with Crippen LogP contribution in [0.5, 0.6) is 5.75 Å². The van der Waals surface area contributed by atoms with Gasteiger partial charge in [-0.2, -0.15) is 8.78 Å². The molecular weight excluding hydrogens is 426 g/mol. The molecule has 0 aliphatic carbocycles. The summed E-state index contributed by atoms with van der Waals surface area (Å²) in [4.78, 5) is 12.4. The summed E-state index contributed by atoms with van der Waals surface area (Å²) in [6.45, 7) is -0.473. The van der Waals surface area contributed by atoms with Crippen molar-refractivity contribution in [3.8, 4) is 11.4 Å². The quantitative estimate of drug-likeness (QED) is 0.151. The van der Waals surface area contributed by atoms with Crippen molar-refractivity contribution in [2.75, 3.05) is 0 Å². The first-order valence-electron chi connectivity index (χ1n) is 9.42. The molecule has 0 radical (unpaired) electrons. The highest BCUT2D eigenvalue weighted by Crippen LogP contribution is 2.27. The molecule has 0 fully saturated rings. The normalized spacial score (nSPS) is 11.2. The van der Waals surface area contributed by atoms with Gasteiger partial charge in [0.1, 0.15) is 18.1 Å². The third kappa shape index (κ3) is 4.49. The second kappa shape index (κ2) is 8.97. The predicted molar refractivity (Wildman–Crippen MR) is 108 cm³/mol. The van der Waals surface area contributed by atoms with Gasteiger partial charge < -0.3 is 13.7 Å². The fourth-order valence-corrected chi connectivity index (χ4v) is 2.94. The van der Waals surface area contributed by atoms with E-state index in [0.717, 1.165) is 5.69 Å². The van der Waals surface area contributed by atoms with Gasteiger partial charge in [-0.25, -0.2) is 8.78 Å². The van der Waals surface area contributed by atoms with Gasteiger partial charge in [0.05, 0.1) is 0 Å². The Balaban J connectivity index is 1.39. The Kier molecular flexibility index (Phi) is 5.93. The summed E-state index contributed by atoms with van der Waals surface area (Å²) in [7, 11) is 0. The first-order chi connectivity index (χ1) is 15.4. The number of allylic oxidation sites excluding steroid dienone is 1. The van der Waals surface area contributed by atoms with Crippen LogP contribution in [0.25, 0.3) is 11.8 Å². The molecule has 4 rings (SSSR count). The van der Waals surface area contributed by atoms with Gasteiger partial charge >= 0.3 is 0 Å². The number of benzene rings is 2. The van der Waals surface area contributed by atoms with Gasteiger partial charge in [0.2, 0.25) is 11.6 Å². The zero-order valence-corrected chi connectivity index (χ0v) is 16.4. The molecule has 0 saturated heterocycles. The Morgan fingerprint density at radius 2 is 1.59 bits per heavy atom. The molecule has 32 heavy (non-hydrogen) atoms. The molecule has 4 aromatic rings. The minimum absolute atomic E-state index is 0.0956. The number of ketones is 1. The van der Waals surface area contributed by atoms with Crippen molar-refractivity contribution in [1.29, 1.82) is 0 Å². The van der Waals surface area contributed by atoms with Crippen LogP contribution in [0.2, 0.25) is 0 Å². The molecule has 0 unspecified atom stereocenters. The molecule has 2 heterocycles.